The molecule has 3 aromatic rings. The molecule has 1 aliphatic heterocycles. The zero-order valence-corrected chi connectivity index (χ0v) is 13.9. The summed E-state index contributed by atoms with van der Waals surface area (Å²) in [6.07, 6.45) is 0. The minimum Gasteiger partial charge on any atom is -0.494 e. The molecule has 0 radical (unpaired) electrons. The number of benzene rings is 2. The van der Waals surface area contributed by atoms with Crippen LogP contribution in [0, 0.1) is 0 Å². The normalized spacial score (nSPS) is 15.0. The summed E-state index contributed by atoms with van der Waals surface area (Å²) >= 11 is 6.31. The predicted octanol–water partition coefficient (Wildman–Crippen LogP) is 4.02. The van der Waals surface area contributed by atoms with E-state index in [9.17, 15) is 5.11 Å². The highest BCUT2D eigenvalue weighted by atomic mass is 35.5. The lowest BCUT2D eigenvalue weighted by Gasteiger charge is -2.03. The Kier molecular flexibility index (Phi) is 3.32. The van der Waals surface area contributed by atoms with E-state index in [1.807, 2.05) is 36.4 Å². The molecule has 1 aliphatic rings. The molecule has 24 heavy (non-hydrogen) atoms. The minimum absolute atomic E-state index is 0.0912. The number of nitrogens with zero attached hydrogens (tertiary/aromatic N) is 3. The summed E-state index contributed by atoms with van der Waals surface area (Å²) in [5.41, 5.74) is 4.18. The summed E-state index contributed by atoms with van der Waals surface area (Å²) < 4.78 is 1.66. The van der Waals surface area contributed by atoms with Crippen molar-refractivity contribution in [3.63, 3.8) is 0 Å². The lowest BCUT2D eigenvalue weighted by atomic mass is 10.0. The number of hydrogen-bond acceptors (Lipinski definition) is 4. The average Bonchev–Trinajstić information content (AvgIpc) is 3.05. The van der Waals surface area contributed by atoms with E-state index in [2.05, 4.69) is 10.1 Å². The topological polar surface area (TPSA) is 59.1 Å². The summed E-state index contributed by atoms with van der Waals surface area (Å²) in [4.78, 5) is 9.67. The Hall–Kier alpha value is -2.79. The summed E-state index contributed by atoms with van der Waals surface area (Å²) in [7, 11) is 3.26. The van der Waals surface area contributed by atoms with Gasteiger partial charge in [0.1, 0.15) is 18.5 Å². The maximum atomic E-state index is 10.7. The van der Waals surface area contributed by atoms with E-state index in [0.717, 1.165) is 22.2 Å². The van der Waals surface area contributed by atoms with Gasteiger partial charge in [-0.3, -0.25) is 0 Å². The number of aryl methyl sites for hydroxylation is 1. The Morgan fingerprint density at radius 2 is 1.96 bits per heavy atom. The van der Waals surface area contributed by atoms with Crippen molar-refractivity contribution in [2.75, 3.05) is 7.11 Å². The van der Waals surface area contributed by atoms with Gasteiger partial charge in [0, 0.05) is 18.0 Å². The molecule has 4 rings (SSSR count). The van der Waals surface area contributed by atoms with Gasteiger partial charge in [0.15, 0.2) is 0 Å². The number of fused-ring (bicyclic) bond motifs is 2. The van der Waals surface area contributed by atoms with Gasteiger partial charge in [0.05, 0.1) is 21.8 Å². The summed E-state index contributed by atoms with van der Waals surface area (Å²) in [5.74, 6) is 0.0912. The second-order valence-corrected chi connectivity index (χ2v) is 5.90. The monoisotopic (exact) mass is 339 g/mol. The highest BCUT2D eigenvalue weighted by Gasteiger charge is 2.30. The van der Waals surface area contributed by atoms with Gasteiger partial charge in [-0.05, 0) is 12.1 Å². The first-order valence-corrected chi connectivity index (χ1v) is 7.77. The van der Waals surface area contributed by atoms with E-state index >= 15 is 0 Å². The number of aliphatic imine (C=N–C) groups is 1. The number of para-hydroxylation sites is 2. The van der Waals surface area contributed by atoms with Gasteiger partial charge in [-0.25, -0.2) is 4.99 Å². The molecule has 0 amide bonds. The summed E-state index contributed by atoms with van der Waals surface area (Å²) in [6, 6.07) is 13.2. The molecule has 0 atom stereocenters. The van der Waals surface area contributed by atoms with Crippen molar-refractivity contribution in [3.8, 4) is 5.88 Å². The first-order chi connectivity index (χ1) is 11.6. The Labute approximate surface area is 143 Å². The Morgan fingerprint density at radius 3 is 2.75 bits per heavy atom. The van der Waals surface area contributed by atoms with Crippen molar-refractivity contribution in [2.24, 2.45) is 17.2 Å². The Bertz CT molecular complexity index is 1030. The van der Waals surface area contributed by atoms with Crippen LogP contribution in [0.15, 0.2) is 52.6 Å². The van der Waals surface area contributed by atoms with E-state index in [-0.39, 0.29) is 5.88 Å². The molecule has 0 fully saturated rings. The van der Waals surface area contributed by atoms with Crippen molar-refractivity contribution >= 4 is 39.6 Å². The largest absolute Gasteiger partial charge is 0.494 e. The fourth-order valence-corrected chi connectivity index (χ4v) is 3.42. The Balaban J connectivity index is 2.04. The third kappa shape index (κ3) is 1.95. The van der Waals surface area contributed by atoms with Gasteiger partial charge in [0.2, 0.25) is 5.88 Å². The molecule has 0 unspecified atom stereocenters. The second-order valence-electron chi connectivity index (χ2n) is 5.49. The van der Waals surface area contributed by atoms with Gasteiger partial charge in [-0.2, -0.15) is 0 Å². The SMILES string of the molecule is CO/N=C1/C(c2c(O)n(C)c3c(Cl)cccc23)=Nc2ccccc21. The van der Waals surface area contributed by atoms with Crippen molar-refractivity contribution in [1.29, 1.82) is 0 Å². The van der Waals surface area contributed by atoms with Crippen LogP contribution >= 0.6 is 11.6 Å². The molecule has 0 bridgehead atoms. The molecule has 5 nitrogen and oxygen atoms in total. The third-order valence-electron chi connectivity index (χ3n) is 4.17. The average molecular weight is 340 g/mol. The van der Waals surface area contributed by atoms with Crippen LogP contribution in [0.2, 0.25) is 5.02 Å². The van der Waals surface area contributed by atoms with Gasteiger partial charge in [-0.15, -0.1) is 0 Å². The molecule has 2 aromatic carbocycles. The van der Waals surface area contributed by atoms with Crippen LogP contribution in [0.1, 0.15) is 11.1 Å². The fraction of sp³-hybridized carbons (Fsp3) is 0.111. The molecule has 120 valence electrons. The van der Waals surface area contributed by atoms with E-state index in [0.29, 0.717) is 22.0 Å². The first-order valence-electron chi connectivity index (χ1n) is 7.39. The van der Waals surface area contributed by atoms with Crippen molar-refractivity contribution < 1.29 is 9.94 Å². The third-order valence-corrected chi connectivity index (χ3v) is 4.47. The highest BCUT2D eigenvalue weighted by Crippen LogP contribution is 2.39. The number of hydrogen-bond donors (Lipinski definition) is 1. The van der Waals surface area contributed by atoms with Gasteiger partial charge < -0.3 is 14.5 Å². The molecule has 2 heterocycles. The number of rotatable bonds is 2. The van der Waals surface area contributed by atoms with E-state index < -0.39 is 0 Å². The smallest absolute Gasteiger partial charge is 0.201 e. The molecule has 6 heteroatoms. The molecular formula is C18H14ClN3O2. The number of halogens is 1. The van der Waals surface area contributed by atoms with Crippen LogP contribution in [0.5, 0.6) is 5.88 Å². The van der Waals surface area contributed by atoms with Gasteiger partial charge in [-0.1, -0.05) is 47.1 Å². The molecular weight excluding hydrogens is 326 g/mol. The van der Waals surface area contributed by atoms with Crippen LogP contribution in [0.3, 0.4) is 0 Å². The number of aromatic hydroxyl groups is 1. The lowest BCUT2D eigenvalue weighted by molar-refractivity contribution is 0.214. The van der Waals surface area contributed by atoms with E-state index in [1.54, 1.807) is 17.7 Å². The van der Waals surface area contributed by atoms with Crippen molar-refractivity contribution in [3.05, 3.63) is 58.6 Å². The molecule has 0 aliphatic carbocycles. The standard InChI is InChI=1S/C18H14ClN3O2/c1-22-17-11(7-5-8-12(17)19)14(18(22)23)16-15(21-24-2)10-6-3-4-9-13(10)20-16/h3-9,23H,1-2H3/b21-15+. The highest BCUT2D eigenvalue weighted by molar-refractivity contribution is 6.58. The Morgan fingerprint density at radius 1 is 1.17 bits per heavy atom. The van der Waals surface area contributed by atoms with Crippen molar-refractivity contribution in [2.45, 2.75) is 0 Å². The van der Waals surface area contributed by atoms with Crippen LogP contribution in [-0.4, -0.2) is 28.2 Å². The number of oxime groups is 1. The van der Waals surface area contributed by atoms with Crippen LogP contribution in [0.25, 0.3) is 10.9 Å². The van der Waals surface area contributed by atoms with E-state index in [4.69, 9.17) is 16.4 Å². The van der Waals surface area contributed by atoms with Gasteiger partial charge >= 0.3 is 0 Å². The zero-order valence-electron chi connectivity index (χ0n) is 13.1. The molecule has 1 N–H and O–H groups in total. The first kappa shape index (κ1) is 14.8. The summed E-state index contributed by atoms with van der Waals surface area (Å²) in [6.45, 7) is 0. The molecule has 1 aromatic heterocycles. The zero-order chi connectivity index (χ0) is 16.8. The second kappa shape index (κ2) is 5.39. The van der Waals surface area contributed by atoms with E-state index in [1.165, 1.54) is 7.11 Å². The van der Waals surface area contributed by atoms with Crippen LogP contribution < -0.4 is 0 Å². The van der Waals surface area contributed by atoms with Crippen LogP contribution in [0.4, 0.5) is 5.69 Å². The lowest BCUT2D eigenvalue weighted by Crippen LogP contribution is -2.13. The summed E-state index contributed by atoms with van der Waals surface area (Å²) in [5, 5.41) is 16.2. The molecule has 0 spiro atoms. The minimum atomic E-state index is 0.0912. The fourth-order valence-electron chi connectivity index (χ4n) is 3.12. The predicted molar refractivity (Wildman–Crippen MR) is 95.8 cm³/mol. The number of aromatic nitrogens is 1. The maximum Gasteiger partial charge on any atom is 0.201 e. The van der Waals surface area contributed by atoms with Crippen LogP contribution in [-0.2, 0) is 11.9 Å². The molecule has 0 saturated carbocycles. The quantitative estimate of drug-likeness (QED) is 0.717. The van der Waals surface area contributed by atoms with Crippen molar-refractivity contribution in [1.82, 2.24) is 4.57 Å². The maximum absolute atomic E-state index is 10.7. The van der Waals surface area contributed by atoms with Gasteiger partial charge in [0.25, 0.3) is 0 Å². The molecule has 0 saturated heterocycles.